The molecular weight excluding hydrogens is 1000 g/mol. The summed E-state index contributed by atoms with van der Waals surface area (Å²) >= 11 is 0. The molecule has 436 valence electrons. The van der Waals surface area contributed by atoms with Gasteiger partial charge in [-0.1, -0.05) is 59.6 Å². The smallest absolute Gasteiger partial charge is 0.316 e. The average molecular weight is 1090 g/mol. The van der Waals surface area contributed by atoms with Crippen LogP contribution in [0, 0.1) is 45.3 Å². The normalized spacial score (nSPS) is 53.1. The molecule has 3 saturated carbocycles. The second-order valence-corrected chi connectivity index (χ2v) is 25.4. The zero-order valence-electron chi connectivity index (χ0n) is 45.4. The minimum atomic E-state index is -1.90. The van der Waals surface area contributed by atoms with Crippen molar-refractivity contribution in [1.82, 2.24) is 0 Å². The van der Waals surface area contributed by atoms with Crippen LogP contribution in [-0.2, 0) is 52.2 Å². The van der Waals surface area contributed by atoms with E-state index in [1.54, 1.807) is 0 Å². The van der Waals surface area contributed by atoms with Gasteiger partial charge in [-0.2, -0.15) is 0 Å². The van der Waals surface area contributed by atoms with Crippen LogP contribution < -0.4 is 0 Å². The molecule has 0 aromatic rings. The van der Waals surface area contributed by atoms with Crippen molar-refractivity contribution in [3.05, 3.63) is 11.6 Å². The fourth-order valence-corrected chi connectivity index (χ4v) is 16.2. The highest BCUT2D eigenvalue weighted by molar-refractivity contribution is 5.84. The number of fused-ring (bicyclic) bond motifs is 4. The monoisotopic (exact) mass is 1090 g/mol. The summed E-state index contributed by atoms with van der Waals surface area (Å²) in [6, 6.07) is 0. The summed E-state index contributed by atoms with van der Waals surface area (Å²) in [4.78, 5) is 14.5. The van der Waals surface area contributed by atoms with Gasteiger partial charge in [-0.15, -0.1) is 0 Å². The first-order valence-electron chi connectivity index (χ1n) is 27.8. The van der Waals surface area contributed by atoms with Crippen molar-refractivity contribution in [3.63, 3.8) is 0 Å². The van der Waals surface area contributed by atoms with Gasteiger partial charge in [0.1, 0.15) is 96.5 Å². The number of cyclic esters (lactones) is 1. The lowest BCUT2D eigenvalue weighted by Gasteiger charge is -2.64. The van der Waals surface area contributed by atoms with Gasteiger partial charge in [0.05, 0.1) is 38.1 Å². The first kappa shape index (κ1) is 59.0. The van der Waals surface area contributed by atoms with Crippen LogP contribution in [0.15, 0.2) is 11.6 Å². The second-order valence-electron chi connectivity index (χ2n) is 25.4. The minimum Gasteiger partial charge on any atom is -0.459 e. The number of hydrogen-bond acceptors (Lipinski definition) is 22. The molecule has 1 unspecified atom stereocenters. The van der Waals surface area contributed by atoms with Crippen LogP contribution in [0.4, 0.5) is 0 Å². The van der Waals surface area contributed by atoms with E-state index in [0.29, 0.717) is 18.8 Å². The van der Waals surface area contributed by atoms with Crippen molar-refractivity contribution >= 4 is 5.97 Å². The average Bonchev–Trinajstić information content (AvgIpc) is 4.06. The highest BCUT2D eigenvalue weighted by Gasteiger charge is 2.79. The van der Waals surface area contributed by atoms with Crippen LogP contribution in [0.3, 0.4) is 0 Å². The molecule has 1 spiro atoms. The van der Waals surface area contributed by atoms with E-state index in [1.165, 1.54) is 19.6 Å². The van der Waals surface area contributed by atoms with Crippen molar-refractivity contribution in [1.29, 1.82) is 0 Å². The predicted octanol–water partition coefficient (Wildman–Crippen LogP) is -0.337. The number of aliphatic hydroxyl groups excluding tert-OH is 11. The van der Waals surface area contributed by atoms with Gasteiger partial charge in [0.2, 0.25) is 0 Å². The Bertz CT molecular complexity index is 2060. The van der Waals surface area contributed by atoms with E-state index in [0.717, 1.165) is 44.9 Å². The molecule has 0 aromatic heterocycles. The Morgan fingerprint density at radius 1 is 0.658 bits per heavy atom. The Morgan fingerprint density at radius 3 is 1.92 bits per heavy atom. The molecule has 0 bridgehead atoms. The topological polar surface area (TPSA) is 332 Å². The van der Waals surface area contributed by atoms with Gasteiger partial charge >= 0.3 is 5.97 Å². The van der Waals surface area contributed by atoms with E-state index in [9.17, 15) is 61.0 Å². The Morgan fingerprint density at radius 2 is 1.28 bits per heavy atom. The minimum absolute atomic E-state index is 0.0140. The molecular formula is C54H88O22. The first-order valence-corrected chi connectivity index (χ1v) is 27.8. The number of aliphatic hydroxyl groups is 11. The Hall–Kier alpha value is -1.59. The largest absolute Gasteiger partial charge is 0.459 e. The highest BCUT2D eigenvalue weighted by atomic mass is 16.8. The van der Waals surface area contributed by atoms with Gasteiger partial charge in [-0.25, -0.2) is 0 Å². The maximum absolute atomic E-state index is 14.5. The van der Waals surface area contributed by atoms with Crippen molar-refractivity contribution in [2.75, 3.05) is 26.9 Å². The molecule has 0 radical (unpaired) electrons. The number of carbonyl (C=O) groups is 1. The zero-order chi connectivity index (χ0) is 55.4. The molecule has 76 heavy (non-hydrogen) atoms. The Labute approximate surface area is 444 Å². The first-order chi connectivity index (χ1) is 35.7. The van der Waals surface area contributed by atoms with E-state index in [4.69, 9.17) is 47.4 Å². The van der Waals surface area contributed by atoms with Gasteiger partial charge < -0.3 is 104 Å². The van der Waals surface area contributed by atoms with Crippen LogP contribution in [0.2, 0.25) is 0 Å². The number of methoxy groups -OCH3 is 1. The number of rotatable bonds is 15. The van der Waals surface area contributed by atoms with Gasteiger partial charge in [-0.3, -0.25) is 4.79 Å². The quantitative estimate of drug-likeness (QED) is 0.0568. The summed E-state index contributed by atoms with van der Waals surface area (Å²) in [7, 11) is 1.21. The Kier molecular flexibility index (Phi) is 17.1. The molecule has 5 aliphatic heterocycles. The van der Waals surface area contributed by atoms with Crippen molar-refractivity contribution in [2.24, 2.45) is 45.3 Å². The molecule has 22 nitrogen and oxygen atoms in total. The van der Waals surface area contributed by atoms with Crippen LogP contribution in [0.1, 0.15) is 113 Å². The van der Waals surface area contributed by atoms with E-state index in [1.807, 2.05) is 6.08 Å². The Balaban J connectivity index is 0.943. The third-order valence-electron chi connectivity index (χ3n) is 20.4. The van der Waals surface area contributed by atoms with E-state index in [-0.39, 0.29) is 23.7 Å². The molecule has 9 rings (SSSR count). The zero-order valence-corrected chi connectivity index (χ0v) is 45.4. The third kappa shape index (κ3) is 9.47. The molecule has 11 N–H and O–H groups in total. The van der Waals surface area contributed by atoms with Crippen LogP contribution in [-0.4, -0.2) is 224 Å². The van der Waals surface area contributed by atoms with Crippen molar-refractivity contribution < 1.29 is 108 Å². The van der Waals surface area contributed by atoms with Gasteiger partial charge in [0.15, 0.2) is 25.2 Å². The molecule has 28 atom stereocenters. The van der Waals surface area contributed by atoms with Crippen molar-refractivity contribution in [2.45, 2.75) is 248 Å². The fourth-order valence-electron chi connectivity index (χ4n) is 16.2. The number of hydrogen-bond donors (Lipinski definition) is 11. The second kappa shape index (κ2) is 22.0. The summed E-state index contributed by atoms with van der Waals surface area (Å²) < 4.78 is 60.5. The van der Waals surface area contributed by atoms with Gasteiger partial charge in [0, 0.05) is 13.0 Å². The summed E-state index contributed by atoms with van der Waals surface area (Å²) in [6.45, 7) is 14.8. The lowest BCUT2D eigenvalue weighted by atomic mass is 9.40. The maximum Gasteiger partial charge on any atom is 0.316 e. The number of allylic oxidation sites excluding steroid dienone is 1. The molecule has 4 aliphatic carbocycles. The fraction of sp³-hybridized carbons (Fsp3) is 0.944. The maximum atomic E-state index is 14.5. The summed E-state index contributed by atoms with van der Waals surface area (Å²) in [5, 5.41) is 122. The highest BCUT2D eigenvalue weighted by Crippen LogP contribution is 2.76. The van der Waals surface area contributed by atoms with Gasteiger partial charge in [0.25, 0.3) is 0 Å². The standard InChI is InChI=1S/C54H88O22/c1-23(2)11-10-16-53(8)31-14-18-52(7)25-12-13-30-50(4,5)33(15-17-51(30,6)26(25)19-32(57)54(31,52)49(66)76-53)73-48-44(75-45-39(63)38(62)34(58)24(3)69-45)37(61)29(22-68-48)72-46-41(65)43(36(60)28(21-56)70-46)74-47-40(64)42(67-9)35(59)27(20-55)71-47/h19,23-25,27-48,55-65H,10-18,20-22H2,1-9H3/t24-,25-,27-,28?,29-,30+,31-,32+,33+,34-,35-,36-,37+,38+,39-,40-,41-,42+,43+,44-,45+,46+,47+,48+,51-,52+,53+,54+/m1/s1. The third-order valence-corrected chi connectivity index (χ3v) is 20.4. The molecule has 0 amide bonds. The number of carbonyl (C=O) groups excluding carboxylic acids is 1. The number of esters is 1. The van der Waals surface area contributed by atoms with E-state index >= 15 is 0 Å². The van der Waals surface area contributed by atoms with E-state index in [2.05, 4.69) is 48.5 Å². The lowest BCUT2D eigenvalue weighted by molar-refractivity contribution is -0.388. The molecule has 22 heteroatoms. The lowest BCUT2D eigenvalue weighted by Crippen LogP contribution is -2.66. The molecule has 0 aromatic carbocycles. The summed E-state index contributed by atoms with van der Waals surface area (Å²) in [5.74, 6) is 0.196. The molecule has 8 fully saturated rings. The van der Waals surface area contributed by atoms with Crippen LogP contribution in [0.25, 0.3) is 0 Å². The molecule has 5 heterocycles. The molecule has 5 saturated heterocycles. The van der Waals surface area contributed by atoms with E-state index < -0.39 is 176 Å². The predicted molar refractivity (Wildman–Crippen MR) is 262 cm³/mol. The van der Waals surface area contributed by atoms with Gasteiger partial charge in [-0.05, 0) is 99.2 Å². The van der Waals surface area contributed by atoms with Crippen molar-refractivity contribution in [3.8, 4) is 0 Å². The summed E-state index contributed by atoms with van der Waals surface area (Å²) in [6.07, 6.45) is -22.1. The van der Waals surface area contributed by atoms with Crippen LogP contribution >= 0.6 is 0 Å². The summed E-state index contributed by atoms with van der Waals surface area (Å²) in [5.41, 5.74) is -2.03. The SMILES string of the molecule is CO[C@@H]1[C@@H](O)[C@H](O[C@@H]2[C@@H](O)[C@H](O[C@@H]3CO[C@@H](O[C@H]4CC[C@]5(C)C6=C[C@H](O)[C@]78C(=O)O[C@@](C)(CCCC(C)C)[C@H]7CC[C@@]8(C)[C@@H]6CC[C@H]5C4(C)C)[C@H](O[C@@H]4O[C@H](C)[C@@H](O)[C@H](O)[C@H]4O)[C@H]3O)OC(CO)[C@H]2O)O[C@H](CO)[C@H]1O. The molecule has 9 aliphatic rings. The van der Waals surface area contributed by atoms with Crippen LogP contribution in [0.5, 0.6) is 0 Å². The number of ether oxygens (including phenoxy) is 10.